The van der Waals surface area contributed by atoms with Crippen LogP contribution in [0.5, 0.6) is 0 Å². The summed E-state index contributed by atoms with van der Waals surface area (Å²) in [5, 5.41) is 3.03. The molecule has 4 aliphatic rings. The van der Waals surface area contributed by atoms with Gasteiger partial charge in [0.15, 0.2) is 0 Å². The number of hydrogen-bond donors (Lipinski definition) is 0. The second-order valence-corrected chi connectivity index (χ2v) is 75.9. The molecule has 4 aromatic carbocycles. The number of hydrogen-bond acceptors (Lipinski definition) is 0. The summed E-state index contributed by atoms with van der Waals surface area (Å²) < 4.78 is 0.225. The van der Waals surface area contributed by atoms with Gasteiger partial charge in [0, 0.05) is 0 Å². The average Bonchev–Trinajstić information content (AvgIpc) is 4.03. The first-order valence-corrected chi connectivity index (χ1v) is 48.1. The minimum atomic E-state index is -5.11. The van der Waals surface area contributed by atoms with E-state index in [1.165, 1.54) is 132 Å². The van der Waals surface area contributed by atoms with E-state index in [1.54, 1.807) is 11.1 Å². The molecule has 2 unspecified atom stereocenters. The van der Waals surface area contributed by atoms with Crippen LogP contribution in [0.2, 0.25) is 52.4 Å². The molecule has 6 heteroatoms. The monoisotopic (exact) mass is 993 g/mol. The van der Waals surface area contributed by atoms with Crippen molar-refractivity contribution in [1.29, 1.82) is 0 Å². The van der Waals surface area contributed by atoms with E-state index in [-0.39, 0.29) is 7.25 Å². The van der Waals surface area contributed by atoms with E-state index in [2.05, 4.69) is 163 Å². The van der Waals surface area contributed by atoms with Gasteiger partial charge in [0.25, 0.3) is 0 Å². The van der Waals surface area contributed by atoms with E-state index in [0.717, 1.165) is 12.8 Å². The molecular formula is C56H77Cl2Si3Zr. The minimum absolute atomic E-state index is 0.113. The Morgan fingerprint density at radius 1 is 0.548 bits per heavy atom. The van der Waals surface area contributed by atoms with Crippen molar-refractivity contribution >= 4 is 61.6 Å². The third kappa shape index (κ3) is 8.53. The standard InChI is InChI=1S/2C27H35Si.C2H7Si.2ClH.Zr/c2*1-5-15-27(16-6-7-17-27)20-21-18-23-9-8-10-25(26(23)19-21)22-11-13-24(14-12-22)28(2,3)4;1-3-2;;;/h2*8-14,18-19H,5-7,15-17,20H2,1-4H3;3H,1-2H3;2*1H;/q;;;;;+2/p-2. The number of halogens is 2. The fraction of sp³-hybridized carbons (Fsp3) is 0.500. The molecule has 2 fully saturated rings. The molecule has 2 atom stereocenters. The van der Waals surface area contributed by atoms with Crippen LogP contribution >= 0.6 is 17.0 Å². The Bertz CT molecular complexity index is 2170. The third-order valence-electron chi connectivity index (χ3n) is 16.7. The number of benzene rings is 4. The zero-order valence-electron chi connectivity index (χ0n) is 40.1. The molecule has 0 heterocycles. The van der Waals surface area contributed by atoms with Gasteiger partial charge in [-0.3, -0.25) is 0 Å². The molecule has 0 aliphatic heterocycles. The van der Waals surface area contributed by atoms with Crippen LogP contribution in [-0.4, -0.2) is 22.1 Å². The Balaban J connectivity index is 1.35. The summed E-state index contributed by atoms with van der Waals surface area (Å²) >= 11 is -5.11. The van der Waals surface area contributed by atoms with Crippen molar-refractivity contribution in [1.82, 2.24) is 0 Å². The second kappa shape index (κ2) is 17.6. The predicted molar refractivity (Wildman–Crippen MR) is 283 cm³/mol. The average molecular weight is 997 g/mol. The van der Waals surface area contributed by atoms with Crippen LogP contribution in [0.4, 0.5) is 0 Å². The molecule has 331 valence electrons. The van der Waals surface area contributed by atoms with Gasteiger partial charge in [0.1, 0.15) is 0 Å². The zero-order valence-corrected chi connectivity index (χ0v) is 47.2. The SMILES string of the molecule is CCCC1(CC2=Cc3c(-c4ccc([Si](C)(C)C)cc4)cccc3[CH]2[Zr]([Cl])([Cl])([CH]2C(CC3(CCC)CCCC3)=Cc3c(-c4ccc([Si](C)(C)C)cc4)cccc32)[SiH](C)C)CCCC1. The van der Waals surface area contributed by atoms with E-state index in [4.69, 9.17) is 0 Å². The van der Waals surface area contributed by atoms with Crippen LogP contribution in [-0.2, 0) is 15.6 Å². The Morgan fingerprint density at radius 3 is 1.21 bits per heavy atom. The topological polar surface area (TPSA) is 0 Å². The first-order chi connectivity index (χ1) is 29.3. The molecular weight excluding hydrogens is 919 g/mol. The summed E-state index contributed by atoms with van der Waals surface area (Å²) in [6, 6.07) is 33.7. The molecule has 2 saturated carbocycles. The van der Waals surface area contributed by atoms with Crippen molar-refractivity contribution in [3.63, 3.8) is 0 Å². The fourth-order valence-corrected chi connectivity index (χ4v) is 47.0. The summed E-state index contributed by atoms with van der Waals surface area (Å²) in [4.78, 5) is 0. The van der Waals surface area contributed by atoms with Crippen LogP contribution in [0, 0.1) is 10.8 Å². The van der Waals surface area contributed by atoms with Crippen LogP contribution in [0.3, 0.4) is 0 Å². The quantitative estimate of drug-likeness (QED) is 0.104. The van der Waals surface area contributed by atoms with Gasteiger partial charge in [-0.2, -0.15) is 0 Å². The Kier molecular flexibility index (Phi) is 13.3. The Hall–Kier alpha value is -1.53. The van der Waals surface area contributed by atoms with E-state index in [1.807, 2.05) is 0 Å². The van der Waals surface area contributed by atoms with E-state index in [9.17, 15) is 17.0 Å². The summed E-state index contributed by atoms with van der Waals surface area (Å²) in [5.41, 5.74) is 14.9. The van der Waals surface area contributed by atoms with E-state index < -0.39 is 37.6 Å². The molecule has 8 rings (SSSR count). The van der Waals surface area contributed by atoms with Gasteiger partial charge in [0.2, 0.25) is 0 Å². The molecule has 0 bridgehead atoms. The van der Waals surface area contributed by atoms with Crippen LogP contribution in [0.1, 0.15) is 133 Å². The van der Waals surface area contributed by atoms with Crippen LogP contribution in [0.15, 0.2) is 96.1 Å². The van der Waals surface area contributed by atoms with Crippen molar-refractivity contribution in [2.24, 2.45) is 10.8 Å². The van der Waals surface area contributed by atoms with Gasteiger partial charge in [0.05, 0.1) is 0 Å². The molecule has 0 spiro atoms. The number of allylic oxidation sites excluding steroid dienone is 2. The van der Waals surface area contributed by atoms with Gasteiger partial charge in [-0.05, 0) is 0 Å². The molecule has 0 aromatic heterocycles. The predicted octanol–water partition coefficient (Wildman–Crippen LogP) is 17.2. The van der Waals surface area contributed by atoms with Gasteiger partial charge in [-0.1, -0.05) is 0 Å². The molecule has 0 nitrogen and oxygen atoms in total. The number of fused-ring (bicyclic) bond motifs is 2. The van der Waals surface area contributed by atoms with Crippen molar-refractivity contribution in [2.45, 2.75) is 163 Å². The third-order valence-corrected chi connectivity index (χ3v) is 72.7. The zero-order chi connectivity index (χ0) is 44.3. The maximum absolute atomic E-state index is 9.31. The molecule has 0 radical (unpaired) electrons. The summed E-state index contributed by atoms with van der Waals surface area (Å²) in [6.07, 6.45) is 23.4. The van der Waals surface area contributed by atoms with Crippen molar-refractivity contribution in [2.75, 3.05) is 0 Å². The number of rotatable bonds is 15. The molecule has 0 N–H and O–H groups in total. The molecule has 4 aliphatic carbocycles. The summed E-state index contributed by atoms with van der Waals surface area (Å²) in [7, 11) is 15.7. The summed E-state index contributed by atoms with van der Waals surface area (Å²) in [5.74, 6) is -1.75. The second-order valence-electron chi connectivity index (χ2n) is 23.2. The van der Waals surface area contributed by atoms with Gasteiger partial charge < -0.3 is 0 Å². The van der Waals surface area contributed by atoms with Gasteiger partial charge in [-0.15, -0.1) is 0 Å². The van der Waals surface area contributed by atoms with E-state index >= 15 is 0 Å². The van der Waals surface area contributed by atoms with Gasteiger partial charge >= 0.3 is 392 Å². The molecule has 0 amide bonds. The Morgan fingerprint density at radius 2 is 0.903 bits per heavy atom. The van der Waals surface area contributed by atoms with Crippen molar-refractivity contribution in [3.05, 3.63) is 118 Å². The molecule has 0 saturated heterocycles. The van der Waals surface area contributed by atoms with Gasteiger partial charge in [-0.25, -0.2) is 0 Å². The van der Waals surface area contributed by atoms with Crippen LogP contribution < -0.4 is 10.4 Å². The fourth-order valence-electron chi connectivity index (χ4n) is 13.4. The Labute approximate surface area is 388 Å². The first-order valence-electron chi connectivity index (χ1n) is 24.8. The molecule has 4 aromatic rings. The normalized spacial score (nSPS) is 21.4. The first kappa shape index (κ1) is 47.0. The molecule has 62 heavy (non-hydrogen) atoms. The van der Waals surface area contributed by atoms with Crippen molar-refractivity contribution in [3.8, 4) is 22.3 Å². The van der Waals surface area contributed by atoms with Crippen LogP contribution in [0.25, 0.3) is 34.4 Å². The van der Waals surface area contributed by atoms with E-state index in [0.29, 0.717) is 10.8 Å². The van der Waals surface area contributed by atoms with Crippen molar-refractivity contribution < 1.29 is 15.6 Å². The maximum atomic E-state index is 9.31. The summed E-state index contributed by atoms with van der Waals surface area (Å²) in [6.45, 7) is 24.7.